The normalized spacial score (nSPS) is 22.9. The molecule has 2 aliphatic rings. The van der Waals surface area contributed by atoms with Gasteiger partial charge in [0.05, 0.1) is 6.33 Å². The quantitative estimate of drug-likeness (QED) is 0.856. The average molecular weight is 318 g/mol. The molecule has 0 unspecified atom stereocenters. The Labute approximate surface area is 139 Å². The molecule has 0 aromatic carbocycles. The number of carbonyl (C=O) groups excluding carboxylic acids is 1. The predicted octanol–water partition coefficient (Wildman–Crippen LogP) is 2.34. The highest BCUT2D eigenvalue weighted by atomic mass is 16.2. The maximum atomic E-state index is 12.9. The number of hydrogen-bond donors (Lipinski definition) is 0. The lowest BCUT2D eigenvalue weighted by molar-refractivity contribution is -0.141. The lowest BCUT2D eigenvalue weighted by atomic mass is 9.84. The molecular weight excluding hydrogens is 288 g/mol. The van der Waals surface area contributed by atoms with Crippen LogP contribution in [0.3, 0.4) is 0 Å². The number of aromatic nitrogens is 2. The second-order valence-electron chi connectivity index (χ2n) is 7.51. The van der Waals surface area contributed by atoms with E-state index in [0.29, 0.717) is 0 Å². The van der Waals surface area contributed by atoms with Gasteiger partial charge in [0.2, 0.25) is 5.91 Å². The number of carbonyl (C=O) groups is 1. The van der Waals surface area contributed by atoms with Crippen molar-refractivity contribution >= 4 is 5.91 Å². The van der Waals surface area contributed by atoms with E-state index < -0.39 is 5.54 Å². The predicted molar refractivity (Wildman–Crippen MR) is 91.1 cm³/mol. The van der Waals surface area contributed by atoms with Gasteiger partial charge in [0.25, 0.3) is 0 Å². The van der Waals surface area contributed by atoms with E-state index in [1.807, 2.05) is 24.9 Å². The van der Waals surface area contributed by atoms with Gasteiger partial charge in [-0.25, -0.2) is 4.98 Å². The van der Waals surface area contributed by atoms with E-state index in [0.717, 1.165) is 31.8 Å². The van der Waals surface area contributed by atoms with Crippen molar-refractivity contribution in [3.05, 3.63) is 18.7 Å². The summed E-state index contributed by atoms with van der Waals surface area (Å²) in [7, 11) is 3.71. The van der Waals surface area contributed by atoms with Crippen LogP contribution in [0.5, 0.6) is 0 Å². The van der Waals surface area contributed by atoms with Crippen LogP contribution in [-0.4, -0.2) is 59.0 Å². The smallest absolute Gasteiger partial charge is 0.248 e. The van der Waals surface area contributed by atoms with E-state index >= 15 is 0 Å². The zero-order valence-electron chi connectivity index (χ0n) is 14.6. The van der Waals surface area contributed by atoms with E-state index in [4.69, 9.17) is 0 Å². The fraction of sp³-hybridized carbons (Fsp3) is 0.778. The molecule has 1 saturated heterocycles. The van der Waals surface area contributed by atoms with Gasteiger partial charge in [-0.15, -0.1) is 0 Å². The van der Waals surface area contributed by atoms with Gasteiger partial charge in [-0.1, -0.05) is 19.3 Å². The summed E-state index contributed by atoms with van der Waals surface area (Å²) in [4.78, 5) is 21.4. The average Bonchev–Trinajstić information content (AvgIpc) is 3.11. The first kappa shape index (κ1) is 16.5. The van der Waals surface area contributed by atoms with Gasteiger partial charge in [-0.3, -0.25) is 4.79 Å². The van der Waals surface area contributed by atoms with Gasteiger partial charge in [-0.05, 0) is 31.6 Å². The molecule has 5 heteroatoms. The fourth-order valence-electron chi connectivity index (χ4n) is 4.35. The first-order chi connectivity index (χ1) is 11.1. The summed E-state index contributed by atoms with van der Waals surface area (Å²) in [6.07, 6.45) is 14.3. The summed E-state index contributed by atoms with van der Waals surface area (Å²) in [5.41, 5.74) is -0.441. The maximum absolute atomic E-state index is 12.9. The monoisotopic (exact) mass is 318 g/mol. The lowest BCUT2D eigenvalue weighted by Gasteiger charge is -2.43. The van der Waals surface area contributed by atoms with Crippen LogP contribution >= 0.6 is 0 Å². The number of imidazole rings is 1. The third-order valence-corrected chi connectivity index (χ3v) is 5.73. The van der Waals surface area contributed by atoms with Crippen molar-refractivity contribution in [3.63, 3.8) is 0 Å². The number of piperidine rings is 1. The van der Waals surface area contributed by atoms with Crippen LogP contribution in [0.25, 0.3) is 0 Å². The Bertz CT molecular complexity index is 497. The van der Waals surface area contributed by atoms with Gasteiger partial charge in [0.15, 0.2) is 0 Å². The van der Waals surface area contributed by atoms with Gasteiger partial charge >= 0.3 is 0 Å². The van der Waals surface area contributed by atoms with Crippen molar-refractivity contribution in [1.82, 2.24) is 19.4 Å². The number of nitrogens with zero attached hydrogens (tertiary/aromatic N) is 4. The molecule has 2 heterocycles. The second kappa shape index (κ2) is 7.04. The highest BCUT2D eigenvalue weighted by Crippen LogP contribution is 2.33. The number of likely N-dealkylation sites (N-methyl/N-ethyl adjacent to an activating group) is 1. The van der Waals surface area contributed by atoms with Crippen molar-refractivity contribution < 1.29 is 4.79 Å². The summed E-state index contributed by atoms with van der Waals surface area (Å²) < 4.78 is 2.04. The molecule has 1 aromatic rings. The van der Waals surface area contributed by atoms with Crippen LogP contribution in [0.1, 0.15) is 44.9 Å². The van der Waals surface area contributed by atoms with E-state index in [2.05, 4.69) is 9.88 Å². The minimum atomic E-state index is -0.441. The molecule has 0 N–H and O–H groups in total. The molecule has 2 fully saturated rings. The van der Waals surface area contributed by atoms with Crippen molar-refractivity contribution in [2.75, 3.05) is 33.7 Å². The Balaban J connectivity index is 1.66. The minimum absolute atomic E-state index is 0.202. The molecule has 0 atom stereocenters. The first-order valence-corrected chi connectivity index (χ1v) is 9.04. The Morgan fingerprint density at radius 2 is 1.91 bits per heavy atom. The Morgan fingerprint density at radius 1 is 1.22 bits per heavy atom. The lowest BCUT2D eigenvalue weighted by Crippen LogP contribution is -2.55. The molecule has 1 aliphatic carbocycles. The molecule has 128 valence electrons. The first-order valence-electron chi connectivity index (χ1n) is 9.04. The molecule has 3 rings (SSSR count). The topological polar surface area (TPSA) is 41.4 Å². The van der Waals surface area contributed by atoms with Crippen LogP contribution < -0.4 is 0 Å². The molecule has 1 amide bonds. The minimum Gasteiger partial charge on any atom is -0.347 e. The zero-order chi connectivity index (χ0) is 16.3. The molecule has 5 nitrogen and oxygen atoms in total. The molecule has 0 radical (unpaired) electrons. The van der Waals surface area contributed by atoms with Crippen molar-refractivity contribution in [3.8, 4) is 0 Å². The van der Waals surface area contributed by atoms with Crippen LogP contribution in [-0.2, 0) is 10.3 Å². The number of hydrogen-bond acceptors (Lipinski definition) is 3. The fourth-order valence-corrected chi connectivity index (χ4v) is 4.35. The zero-order valence-corrected chi connectivity index (χ0v) is 14.6. The van der Waals surface area contributed by atoms with Crippen LogP contribution in [0.4, 0.5) is 0 Å². The highest BCUT2D eigenvalue weighted by molar-refractivity contribution is 5.84. The number of rotatable bonds is 4. The molecule has 0 spiro atoms. The molecule has 1 aromatic heterocycles. The third-order valence-electron chi connectivity index (χ3n) is 5.73. The SMILES string of the molecule is CN(C)C(=O)C1(n2ccnc2)CCN(CC2CCCCC2)CC1. The Morgan fingerprint density at radius 3 is 2.48 bits per heavy atom. The summed E-state index contributed by atoms with van der Waals surface area (Å²) in [5.74, 6) is 1.07. The van der Waals surface area contributed by atoms with Gasteiger partial charge in [-0.2, -0.15) is 0 Å². The Hall–Kier alpha value is -1.36. The summed E-state index contributed by atoms with van der Waals surface area (Å²) in [6.45, 7) is 3.23. The van der Waals surface area contributed by atoms with E-state index in [1.54, 1.807) is 17.4 Å². The molecule has 1 saturated carbocycles. The summed E-state index contributed by atoms with van der Waals surface area (Å²) in [6, 6.07) is 0. The van der Waals surface area contributed by atoms with E-state index in [-0.39, 0.29) is 5.91 Å². The number of amides is 1. The van der Waals surface area contributed by atoms with Crippen molar-refractivity contribution in [2.45, 2.75) is 50.5 Å². The molecular formula is C18H30N4O. The molecule has 1 aliphatic heterocycles. The van der Waals surface area contributed by atoms with E-state index in [1.165, 1.54) is 38.6 Å². The van der Waals surface area contributed by atoms with Gasteiger partial charge in [0.1, 0.15) is 5.54 Å². The summed E-state index contributed by atoms with van der Waals surface area (Å²) >= 11 is 0. The van der Waals surface area contributed by atoms with Crippen molar-refractivity contribution in [2.24, 2.45) is 5.92 Å². The van der Waals surface area contributed by atoms with Crippen molar-refractivity contribution in [1.29, 1.82) is 0 Å². The molecule has 0 bridgehead atoms. The standard InChI is InChI=1S/C18H30N4O/c1-20(2)17(23)18(22-13-10-19-15-22)8-11-21(12-9-18)14-16-6-4-3-5-7-16/h10,13,15-16H,3-9,11-12,14H2,1-2H3. The van der Waals surface area contributed by atoms with Gasteiger partial charge < -0.3 is 14.4 Å². The third kappa shape index (κ3) is 3.44. The molecule has 23 heavy (non-hydrogen) atoms. The largest absolute Gasteiger partial charge is 0.347 e. The summed E-state index contributed by atoms with van der Waals surface area (Å²) in [5, 5.41) is 0. The van der Waals surface area contributed by atoms with Crippen LogP contribution in [0.15, 0.2) is 18.7 Å². The van der Waals surface area contributed by atoms with Gasteiger partial charge in [0, 0.05) is 46.1 Å². The van der Waals surface area contributed by atoms with E-state index in [9.17, 15) is 4.79 Å². The second-order valence-corrected chi connectivity index (χ2v) is 7.51. The van der Waals surface area contributed by atoms with Crippen LogP contribution in [0, 0.1) is 5.92 Å². The maximum Gasteiger partial charge on any atom is 0.248 e. The Kier molecular flexibility index (Phi) is 5.05. The number of likely N-dealkylation sites (tertiary alicyclic amines) is 1. The highest BCUT2D eigenvalue weighted by Gasteiger charge is 2.43. The van der Waals surface area contributed by atoms with Crippen LogP contribution in [0.2, 0.25) is 0 Å².